The Kier molecular flexibility index (Phi) is 7.27. The van der Waals surface area contributed by atoms with Gasteiger partial charge in [-0.3, -0.25) is 9.59 Å². The normalized spacial score (nSPS) is 13.3. The molecule has 0 unspecified atom stereocenters. The summed E-state index contributed by atoms with van der Waals surface area (Å²) in [4.78, 5) is 42.2. The third kappa shape index (κ3) is 5.71. The van der Waals surface area contributed by atoms with Crippen LogP contribution in [0.4, 0.5) is 11.4 Å². The summed E-state index contributed by atoms with van der Waals surface area (Å²) in [5.41, 5.74) is 4.06. The molecule has 0 aliphatic carbocycles. The van der Waals surface area contributed by atoms with Crippen molar-refractivity contribution in [1.29, 1.82) is 0 Å². The van der Waals surface area contributed by atoms with Gasteiger partial charge in [-0.15, -0.1) is 0 Å². The molecule has 1 aliphatic rings. The number of nitrogens with one attached hydrogen (secondary N) is 1. The highest BCUT2D eigenvalue weighted by Gasteiger charge is 2.22. The second kappa shape index (κ2) is 11.3. The largest absolute Gasteiger partial charge is 0.422 e. The minimum atomic E-state index is -0.421. The maximum atomic E-state index is 12.9. The average Bonchev–Trinajstić information content (AvgIpc) is 3.01. The molecule has 2 heterocycles. The number of benzene rings is 4. The fourth-order valence-electron chi connectivity index (χ4n) is 4.97. The van der Waals surface area contributed by atoms with E-state index >= 15 is 0 Å². The van der Waals surface area contributed by atoms with Gasteiger partial charge in [0.15, 0.2) is 0 Å². The van der Waals surface area contributed by atoms with Gasteiger partial charge in [-0.05, 0) is 78.4 Å². The maximum absolute atomic E-state index is 12.9. The van der Waals surface area contributed by atoms with Gasteiger partial charge in [-0.25, -0.2) is 4.79 Å². The van der Waals surface area contributed by atoms with E-state index in [9.17, 15) is 14.4 Å². The quantitative estimate of drug-likeness (QED) is 0.253. The van der Waals surface area contributed by atoms with Crippen LogP contribution in [0.3, 0.4) is 0 Å². The zero-order valence-corrected chi connectivity index (χ0v) is 22.8. The highest BCUT2D eigenvalue weighted by molar-refractivity contribution is 6.30. The topological polar surface area (TPSA) is 82.9 Å². The Hall–Kier alpha value is -4.88. The van der Waals surface area contributed by atoms with E-state index in [1.807, 2.05) is 47.4 Å². The van der Waals surface area contributed by atoms with Crippen LogP contribution in [0.2, 0.25) is 5.02 Å². The number of hydrogen-bond acceptors (Lipinski definition) is 5. The van der Waals surface area contributed by atoms with Crippen molar-refractivity contribution in [3.8, 4) is 11.1 Å². The smallest absolute Gasteiger partial charge is 0.344 e. The summed E-state index contributed by atoms with van der Waals surface area (Å²) in [6, 6.07) is 30.7. The molecule has 6 rings (SSSR count). The van der Waals surface area contributed by atoms with E-state index in [1.165, 1.54) is 0 Å². The number of hydrogen-bond donors (Lipinski definition) is 1. The van der Waals surface area contributed by atoms with Crippen molar-refractivity contribution in [2.45, 2.75) is 0 Å². The van der Waals surface area contributed by atoms with Crippen molar-refractivity contribution in [3.63, 3.8) is 0 Å². The molecule has 0 spiro atoms. The van der Waals surface area contributed by atoms with Gasteiger partial charge in [-0.1, -0.05) is 41.9 Å². The molecule has 2 amide bonds. The molecular formula is C33H26ClN3O4. The molecule has 7 nitrogen and oxygen atoms in total. The molecule has 5 aromatic rings. The Morgan fingerprint density at radius 1 is 0.756 bits per heavy atom. The number of carbonyl (C=O) groups excluding carboxylic acids is 2. The first-order valence-electron chi connectivity index (χ1n) is 13.3. The van der Waals surface area contributed by atoms with Crippen molar-refractivity contribution < 1.29 is 14.0 Å². The van der Waals surface area contributed by atoms with E-state index in [0.29, 0.717) is 64.7 Å². The molecule has 0 bridgehead atoms. The summed E-state index contributed by atoms with van der Waals surface area (Å²) in [5, 5.41) is 4.37. The van der Waals surface area contributed by atoms with Crippen LogP contribution < -0.4 is 15.8 Å². The molecule has 41 heavy (non-hydrogen) atoms. The Bertz CT molecular complexity index is 1770. The van der Waals surface area contributed by atoms with Crippen LogP contribution in [0.5, 0.6) is 0 Å². The number of nitrogens with zero attached hydrogens (tertiary/aromatic N) is 2. The summed E-state index contributed by atoms with van der Waals surface area (Å²) in [5.74, 6) is -0.239. The Morgan fingerprint density at radius 3 is 2.12 bits per heavy atom. The van der Waals surface area contributed by atoms with E-state index in [4.69, 9.17) is 16.0 Å². The molecule has 1 fully saturated rings. The van der Waals surface area contributed by atoms with Crippen LogP contribution in [0, 0.1) is 0 Å². The first kappa shape index (κ1) is 26.3. The average molecular weight is 564 g/mol. The monoisotopic (exact) mass is 563 g/mol. The predicted molar refractivity (Wildman–Crippen MR) is 162 cm³/mol. The molecule has 204 valence electrons. The molecule has 1 aromatic heterocycles. The zero-order chi connectivity index (χ0) is 28.3. The summed E-state index contributed by atoms with van der Waals surface area (Å²) in [7, 11) is 0. The molecule has 1 N–H and O–H groups in total. The fraction of sp³-hybridized carbons (Fsp3) is 0.121. The Balaban J connectivity index is 1.06. The van der Waals surface area contributed by atoms with Gasteiger partial charge < -0.3 is 19.5 Å². The van der Waals surface area contributed by atoms with Gasteiger partial charge in [0.05, 0.1) is 5.56 Å². The number of piperazine rings is 1. The predicted octanol–water partition coefficient (Wildman–Crippen LogP) is 6.33. The molecule has 1 saturated heterocycles. The number of rotatable bonds is 5. The van der Waals surface area contributed by atoms with Gasteiger partial charge in [0, 0.05) is 59.1 Å². The summed E-state index contributed by atoms with van der Waals surface area (Å²) in [6.45, 7) is 2.67. The SMILES string of the molecule is O=C(Nc1ccc(N2CCN(C(=O)c3ccc(Cl)cc3)CC2)cc1)c1ccc(-c2cc3ccccc3oc2=O)cc1. The molecule has 8 heteroatoms. The van der Waals surface area contributed by atoms with Crippen molar-refractivity contribution in [2.24, 2.45) is 0 Å². The van der Waals surface area contributed by atoms with E-state index in [2.05, 4.69) is 10.2 Å². The van der Waals surface area contributed by atoms with Gasteiger partial charge in [0.2, 0.25) is 0 Å². The number of carbonyl (C=O) groups is 2. The highest BCUT2D eigenvalue weighted by atomic mass is 35.5. The van der Waals surface area contributed by atoms with Crippen LogP contribution in [0.1, 0.15) is 20.7 Å². The molecule has 1 aliphatic heterocycles. The van der Waals surface area contributed by atoms with Crippen LogP contribution >= 0.6 is 11.6 Å². The van der Waals surface area contributed by atoms with Crippen LogP contribution in [-0.4, -0.2) is 42.9 Å². The molecule has 0 saturated carbocycles. The third-order valence-electron chi connectivity index (χ3n) is 7.25. The van der Waals surface area contributed by atoms with Crippen LogP contribution in [0.25, 0.3) is 22.1 Å². The number of para-hydroxylation sites is 1. The summed E-state index contributed by atoms with van der Waals surface area (Å²) >= 11 is 5.94. The van der Waals surface area contributed by atoms with E-state index < -0.39 is 5.63 Å². The highest BCUT2D eigenvalue weighted by Crippen LogP contribution is 2.23. The van der Waals surface area contributed by atoms with Gasteiger partial charge in [0.1, 0.15) is 5.58 Å². The van der Waals surface area contributed by atoms with E-state index in [1.54, 1.807) is 60.7 Å². The fourth-order valence-corrected chi connectivity index (χ4v) is 5.09. The van der Waals surface area contributed by atoms with Gasteiger partial charge >= 0.3 is 5.63 Å². The van der Waals surface area contributed by atoms with Gasteiger partial charge in [-0.2, -0.15) is 0 Å². The van der Waals surface area contributed by atoms with Crippen molar-refractivity contribution in [3.05, 3.63) is 130 Å². The number of anilines is 2. The van der Waals surface area contributed by atoms with E-state index in [0.717, 1.165) is 11.1 Å². The minimum absolute atomic E-state index is 0.00754. The summed E-state index contributed by atoms with van der Waals surface area (Å²) < 4.78 is 5.44. The van der Waals surface area contributed by atoms with E-state index in [-0.39, 0.29) is 11.8 Å². The van der Waals surface area contributed by atoms with Crippen molar-refractivity contribution in [1.82, 2.24) is 4.90 Å². The molecular weight excluding hydrogens is 538 g/mol. The molecule has 4 aromatic carbocycles. The lowest BCUT2D eigenvalue weighted by atomic mass is 10.0. The second-order valence-electron chi connectivity index (χ2n) is 9.85. The Morgan fingerprint density at radius 2 is 1.41 bits per heavy atom. The van der Waals surface area contributed by atoms with Crippen molar-refractivity contribution in [2.75, 3.05) is 36.4 Å². The minimum Gasteiger partial charge on any atom is -0.422 e. The number of amides is 2. The molecule has 0 atom stereocenters. The lowest BCUT2D eigenvalue weighted by molar-refractivity contribution is 0.0746. The third-order valence-corrected chi connectivity index (χ3v) is 7.50. The zero-order valence-electron chi connectivity index (χ0n) is 22.0. The first-order valence-corrected chi connectivity index (χ1v) is 13.7. The number of halogens is 1. The standard InChI is InChI=1S/C33H26ClN3O4/c34-26-11-9-24(10-12-26)32(39)37-19-17-36(18-20-37)28-15-13-27(14-16-28)35-31(38)23-7-5-22(6-8-23)29-21-25-3-1-2-4-30(25)41-33(29)40/h1-16,21H,17-20H2,(H,35,38). The number of fused-ring (bicyclic) bond motifs is 1. The maximum Gasteiger partial charge on any atom is 0.344 e. The lowest BCUT2D eigenvalue weighted by Gasteiger charge is -2.36. The Labute approximate surface area is 241 Å². The lowest BCUT2D eigenvalue weighted by Crippen LogP contribution is -2.48. The van der Waals surface area contributed by atoms with Gasteiger partial charge in [0.25, 0.3) is 11.8 Å². The van der Waals surface area contributed by atoms with Crippen molar-refractivity contribution >= 4 is 45.8 Å². The first-order chi connectivity index (χ1) is 19.9. The molecule has 0 radical (unpaired) electrons. The summed E-state index contributed by atoms with van der Waals surface area (Å²) in [6.07, 6.45) is 0. The second-order valence-corrected chi connectivity index (χ2v) is 10.3. The van der Waals surface area contributed by atoms with Crippen LogP contribution in [0.15, 0.2) is 112 Å². The van der Waals surface area contributed by atoms with Crippen LogP contribution in [-0.2, 0) is 0 Å².